The van der Waals surface area contributed by atoms with Gasteiger partial charge in [0.15, 0.2) is 0 Å². The summed E-state index contributed by atoms with van der Waals surface area (Å²) in [6.45, 7) is 7.42. The van der Waals surface area contributed by atoms with Gasteiger partial charge in [0.2, 0.25) is 6.43 Å². The summed E-state index contributed by atoms with van der Waals surface area (Å²) in [5.74, 6) is -0.626. The number of alkyl halides is 2. The summed E-state index contributed by atoms with van der Waals surface area (Å²) >= 11 is 0. The van der Waals surface area contributed by atoms with Crippen LogP contribution in [0.2, 0.25) is 0 Å². The van der Waals surface area contributed by atoms with E-state index in [2.05, 4.69) is 4.90 Å². The minimum atomic E-state index is -2.28. The number of halogens is 2. The van der Waals surface area contributed by atoms with Gasteiger partial charge in [-0.15, -0.1) is 0 Å². The number of rotatable bonds is 2. The Bertz CT molecular complexity index is 355. The van der Waals surface area contributed by atoms with Crippen molar-refractivity contribution in [3.05, 3.63) is 23.4 Å². The smallest absolute Gasteiger partial charge is 0.245 e. The van der Waals surface area contributed by atoms with Crippen LogP contribution in [0.3, 0.4) is 0 Å². The van der Waals surface area contributed by atoms with Crippen molar-refractivity contribution >= 4 is 0 Å². The van der Waals surface area contributed by atoms with Crippen molar-refractivity contribution in [1.29, 1.82) is 0 Å². The number of morpholine rings is 1. The third-order valence-corrected chi connectivity index (χ3v) is 3.68. The van der Waals surface area contributed by atoms with Crippen LogP contribution < -0.4 is 0 Å². The first-order valence-electron chi connectivity index (χ1n) is 6.53. The Morgan fingerprint density at radius 2 is 1.83 bits per heavy atom. The van der Waals surface area contributed by atoms with E-state index in [1.165, 1.54) is 0 Å². The first-order valence-corrected chi connectivity index (χ1v) is 6.53. The van der Waals surface area contributed by atoms with Crippen molar-refractivity contribution in [3.8, 4) is 0 Å². The lowest BCUT2D eigenvalue weighted by Gasteiger charge is -2.40. The maximum Gasteiger partial charge on any atom is 0.245 e. The van der Waals surface area contributed by atoms with E-state index in [1.807, 2.05) is 26.0 Å². The van der Waals surface area contributed by atoms with Crippen LogP contribution >= 0.6 is 0 Å². The summed E-state index contributed by atoms with van der Waals surface area (Å²) < 4.78 is 31.6. The molecule has 1 aliphatic carbocycles. The summed E-state index contributed by atoms with van der Waals surface area (Å²) in [6, 6.07) is 0. The van der Waals surface area contributed by atoms with Gasteiger partial charge in [-0.3, -0.25) is 0 Å². The molecular weight excluding hydrogens is 236 g/mol. The Morgan fingerprint density at radius 1 is 1.22 bits per heavy atom. The lowest BCUT2D eigenvalue weighted by molar-refractivity contribution is -0.0599. The van der Waals surface area contributed by atoms with Gasteiger partial charge in [0, 0.05) is 24.7 Å². The Hall–Kier alpha value is -0.900. The molecule has 0 N–H and O–H groups in total. The van der Waals surface area contributed by atoms with E-state index in [9.17, 15) is 8.78 Å². The molecule has 0 radical (unpaired) electrons. The van der Waals surface area contributed by atoms with Crippen LogP contribution in [0.25, 0.3) is 0 Å². The Morgan fingerprint density at radius 3 is 2.39 bits per heavy atom. The molecule has 102 valence electrons. The Labute approximate surface area is 107 Å². The van der Waals surface area contributed by atoms with Crippen molar-refractivity contribution in [2.45, 2.75) is 45.8 Å². The summed E-state index contributed by atoms with van der Waals surface area (Å²) in [5.41, 5.74) is 1.80. The standard InChI is InChI=1S/C14H21F2NO/c1-9-4-5-12(6-13(9)14(15)16)17-7-10(2)18-11(3)8-17/h4-5,10-11,13-14H,6-8H2,1-3H3/t10-,11+,13?. The predicted molar refractivity (Wildman–Crippen MR) is 67.5 cm³/mol. The molecule has 1 saturated heterocycles. The van der Waals surface area contributed by atoms with Gasteiger partial charge in [-0.25, -0.2) is 8.78 Å². The molecule has 0 aromatic rings. The third kappa shape index (κ3) is 2.91. The van der Waals surface area contributed by atoms with E-state index in [4.69, 9.17) is 4.74 Å². The summed E-state index contributed by atoms with van der Waals surface area (Å²) in [7, 11) is 0. The fourth-order valence-electron chi connectivity index (χ4n) is 2.74. The van der Waals surface area contributed by atoms with Crippen LogP contribution in [0.1, 0.15) is 27.2 Å². The van der Waals surface area contributed by atoms with E-state index in [1.54, 1.807) is 6.92 Å². The SMILES string of the molecule is CC1=CC=C(N2C[C@@H](C)O[C@@H](C)C2)CC1C(F)F. The van der Waals surface area contributed by atoms with Crippen LogP contribution in [0.15, 0.2) is 23.4 Å². The molecule has 4 heteroatoms. The van der Waals surface area contributed by atoms with E-state index < -0.39 is 12.3 Å². The Kier molecular flexibility index (Phi) is 4.05. The molecule has 0 amide bonds. The zero-order chi connectivity index (χ0) is 13.3. The van der Waals surface area contributed by atoms with Crippen LogP contribution in [-0.4, -0.2) is 36.6 Å². The molecule has 2 aliphatic rings. The van der Waals surface area contributed by atoms with Crippen molar-refractivity contribution in [2.75, 3.05) is 13.1 Å². The maximum atomic E-state index is 13.0. The Balaban J connectivity index is 2.09. The largest absolute Gasteiger partial charge is 0.372 e. The summed E-state index contributed by atoms with van der Waals surface area (Å²) in [5, 5.41) is 0. The number of allylic oxidation sites excluding steroid dienone is 4. The quantitative estimate of drug-likeness (QED) is 0.753. The van der Waals surface area contributed by atoms with Gasteiger partial charge in [-0.2, -0.15) is 0 Å². The molecule has 1 heterocycles. The maximum absolute atomic E-state index is 13.0. The molecule has 0 spiro atoms. The van der Waals surface area contributed by atoms with Crippen LogP contribution in [0, 0.1) is 5.92 Å². The van der Waals surface area contributed by atoms with E-state index in [0.717, 1.165) is 24.4 Å². The predicted octanol–water partition coefficient (Wildman–Crippen LogP) is 3.21. The molecule has 0 saturated carbocycles. The average Bonchev–Trinajstić information content (AvgIpc) is 2.27. The lowest BCUT2D eigenvalue weighted by atomic mass is 9.90. The first-order chi connectivity index (χ1) is 8.47. The van der Waals surface area contributed by atoms with Crippen molar-refractivity contribution in [3.63, 3.8) is 0 Å². The zero-order valence-corrected chi connectivity index (χ0v) is 11.2. The van der Waals surface area contributed by atoms with E-state index in [0.29, 0.717) is 6.42 Å². The minimum Gasteiger partial charge on any atom is -0.372 e. The zero-order valence-electron chi connectivity index (χ0n) is 11.2. The van der Waals surface area contributed by atoms with E-state index >= 15 is 0 Å². The second-order valence-electron chi connectivity index (χ2n) is 5.38. The normalized spacial score (nSPS) is 33.4. The molecule has 18 heavy (non-hydrogen) atoms. The summed E-state index contributed by atoms with van der Waals surface area (Å²) in [6.07, 6.45) is 2.30. The minimum absolute atomic E-state index is 0.159. The van der Waals surface area contributed by atoms with Gasteiger partial charge in [0.05, 0.1) is 12.2 Å². The molecule has 1 aliphatic heterocycles. The lowest BCUT2D eigenvalue weighted by Crippen LogP contribution is -2.45. The van der Waals surface area contributed by atoms with E-state index in [-0.39, 0.29) is 12.2 Å². The second-order valence-corrected chi connectivity index (χ2v) is 5.38. The molecular formula is C14H21F2NO. The van der Waals surface area contributed by atoms with Gasteiger partial charge in [-0.1, -0.05) is 11.6 Å². The molecule has 2 rings (SSSR count). The van der Waals surface area contributed by atoms with Crippen LogP contribution in [0.4, 0.5) is 8.78 Å². The number of hydrogen-bond donors (Lipinski definition) is 0. The van der Waals surface area contributed by atoms with Gasteiger partial charge in [-0.05, 0) is 33.3 Å². The molecule has 1 unspecified atom stereocenters. The topological polar surface area (TPSA) is 12.5 Å². The number of ether oxygens (including phenoxy) is 1. The van der Waals surface area contributed by atoms with Crippen LogP contribution in [0.5, 0.6) is 0 Å². The van der Waals surface area contributed by atoms with Crippen molar-refractivity contribution < 1.29 is 13.5 Å². The van der Waals surface area contributed by atoms with Crippen molar-refractivity contribution in [2.24, 2.45) is 5.92 Å². The second kappa shape index (κ2) is 5.39. The molecule has 0 bridgehead atoms. The van der Waals surface area contributed by atoms with Crippen molar-refractivity contribution in [1.82, 2.24) is 4.90 Å². The summed E-state index contributed by atoms with van der Waals surface area (Å²) in [4.78, 5) is 2.19. The fourth-order valence-corrected chi connectivity index (χ4v) is 2.74. The highest BCUT2D eigenvalue weighted by Crippen LogP contribution is 2.32. The third-order valence-electron chi connectivity index (χ3n) is 3.68. The first kappa shape index (κ1) is 13.5. The monoisotopic (exact) mass is 257 g/mol. The highest BCUT2D eigenvalue weighted by atomic mass is 19.3. The molecule has 0 aromatic carbocycles. The van der Waals surface area contributed by atoms with Gasteiger partial charge >= 0.3 is 0 Å². The average molecular weight is 257 g/mol. The molecule has 2 nitrogen and oxygen atoms in total. The molecule has 1 fully saturated rings. The van der Waals surface area contributed by atoms with Gasteiger partial charge < -0.3 is 9.64 Å². The molecule has 0 aromatic heterocycles. The number of nitrogens with zero attached hydrogens (tertiary/aromatic N) is 1. The van der Waals surface area contributed by atoms with Crippen LogP contribution in [-0.2, 0) is 4.74 Å². The highest BCUT2D eigenvalue weighted by Gasteiger charge is 2.30. The fraction of sp³-hybridized carbons (Fsp3) is 0.714. The molecule has 3 atom stereocenters. The highest BCUT2D eigenvalue weighted by molar-refractivity contribution is 5.25. The van der Waals surface area contributed by atoms with Gasteiger partial charge in [0.1, 0.15) is 0 Å². The van der Waals surface area contributed by atoms with Gasteiger partial charge in [0.25, 0.3) is 0 Å². The number of hydrogen-bond acceptors (Lipinski definition) is 2.